The molecule has 2 aliphatic heterocycles. The van der Waals surface area contributed by atoms with Crippen LogP contribution in [-0.2, 0) is 19.5 Å². The maximum Gasteiger partial charge on any atom is 0.322 e. The summed E-state index contributed by atoms with van der Waals surface area (Å²) in [7, 11) is 1.73. The summed E-state index contributed by atoms with van der Waals surface area (Å²) >= 11 is 0. The number of halogens is 2. The van der Waals surface area contributed by atoms with Crippen LogP contribution in [-0.4, -0.2) is 57.3 Å². The van der Waals surface area contributed by atoms with E-state index >= 15 is 0 Å². The van der Waals surface area contributed by atoms with E-state index < -0.39 is 18.0 Å². The molecule has 172 valence electrons. The first-order chi connectivity index (χ1) is 15.7. The topological polar surface area (TPSA) is 74.8 Å². The number of amides is 3. The predicted molar refractivity (Wildman–Crippen MR) is 116 cm³/mol. The molecule has 0 bridgehead atoms. The van der Waals surface area contributed by atoms with Crippen molar-refractivity contribution in [2.24, 2.45) is 5.41 Å². The highest BCUT2D eigenvalue weighted by Gasteiger charge is 2.49. The molecule has 5 rings (SSSR count). The first-order valence-electron chi connectivity index (χ1n) is 10.9. The van der Waals surface area contributed by atoms with Crippen molar-refractivity contribution in [3.05, 3.63) is 52.4 Å². The second-order valence-electron chi connectivity index (χ2n) is 9.49. The number of nitrogens with one attached hydrogen (secondary N) is 1. The van der Waals surface area contributed by atoms with E-state index in [0.29, 0.717) is 49.3 Å². The van der Waals surface area contributed by atoms with E-state index in [9.17, 15) is 18.4 Å². The van der Waals surface area contributed by atoms with E-state index in [0.717, 1.165) is 11.8 Å². The molecule has 33 heavy (non-hydrogen) atoms. The number of carbonyl (C=O) groups is 2. The van der Waals surface area contributed by atoms with Crippen molar-refractivity contribution in [3.63, 3.8) is 0 Å². The first kappa shape index (κ1) is 21.4. The van der Waals surface area contributed by atoms with Crippen LogP contribution in [0.2, 0.25) is 0 Å². The third-order valence-electron chi connectivity index (χ3n) is 6.98. The van der Waals surface area contributed by atoms with Crippen molar-refractivity contribution in [1.29, 1.82) is 0 Å². The minimum Gasteiger partial charge on any atom is -0.340 e. The van der Waals surface area contributed by atoms with E-state index in [1.54, 1.807) is 21.5 Å². The summed E-state index contributed by atoms with van der Waals surface area (Å²) in [6, 6.07) is 3.26. The molecule has 1 spiro atoms. The molecule has 1 aromatic carbocycles. The fraction of sp³-hybridized carbons (Fsp3) is 0.478. The molecule has 1 aliphatic carbocycles. The second-order valence-corrected chi connectivity index (χ2v) is 9.49. The average Bonchev–Trinajstić information content (AvgIpc) is 3.03. The number of hydrogen-bond acceptors (Lipinski definition) is 3. The second kappa shape index (κ2) is 7.54. The largest absolute Gasteiger partial charge is 0.340 e. The zero-order valence-electron chi connectivity index (χ0n) is 18.4. The molecule has 3 heterocycles. The summed E-state index contributed by atoms with van der Waals surface area (Å²) in [6.45, 7) is 10.1. The minimum atomic E-state index is -0.839. The summed E-state index contributed by atoms with van der Waals surface area (Å²) in [6.07, 6.45) is 0.484. The number of nitrogens with zero attached hydrogens (tertiary/aromatic N) is 5. The smallest absolute Gasteiger partial charge is 0.322 e. The van der Waals surface area contributed by atoms with Crippen LogP contribution >= 0.6 is 0 Å². The van der Waals surface area contributed by atoms with Crippen LogP contribution in [0.25, 0.3) is 4.85 Å². The Bertz CT molecular complexity index is 1200. The highest BCUT2D eigenvalue weighted by Crippen LogP contribution is 2.47. The molecule has 10 heteroatoms. The molecule has 3 amide bonds. The van der Waals surface area contributed by atoms with E-state index in [4.69, 9.17) is 11.7 Å². The summed E-state index contributed by atoms with van der Waals surface area (Å²) in [4.78, 5) is 32.6. The average molecular weight is 454 g/mol. The van der Waals surface area contributed by atoms with Crippen molar-refractivity contribution >= 4 is 23.3 Å². The molecule has 8 nitrogen and oxygen atoms in total. The van der Waals surface area contributed by atoms with Gasteiger partial charge in [-0.15, -0.1) is 0 Å². The SMILES string of the molecule is [C-]#[N+]c1cc(NC(=O)N2Cc3c(nn4c3C(=O)N(C)CC3(CC(F)C3)C4)C[C@H]2C)ccc1F. The molecule has 0 radical (unpaired) electrons. The Morgan fingerprint density at radius 1 is 1.33 bits per heavy atom. The molecule has 1 aromatic heterocycles. The van der Waals surface area contributed by atoms with Gasteiger partial charge in [0, 0.05) is 49.3 Å². The van der Waals surface area contributed by atoms with Gasteiger partial charge in [0.25, 0.3) is 5.91 Å². The molecule has 1 N–H and O–H groups in total. The van der Waals surface area contributed by atoms with Gasteiger partial charge in [0.2, 0.25) is 5.69 Å². The van der Waals surface area contributed by atoms with Crippen molar-refractivity contribution < 1.29 is 18.4 Å². The van der Waals surface area contributed by atoms with E-state index in [2.05, 4.69) is 10.2 Å². The Morgan fingerprint density at radius 2 is 2.09 bits per heavy atom. The Labute approximate surface area is 190 Å². The summed E-state index contributed by atoms with van der Waals surface area (Å²) < 4.78 is 29.1. The zero-order chi connectivity index (χ0) is 23.5. The third kappa shape index (κ3) is 3.52. The van der Waals surface area contributed by atoms with E-state index in [-0.39, 0.29) is 29.6 Å². The highest BCUT2D eigenvalue weighted by atomic mass is 19.1. The van der Waals surface area contributed by atoms with Gasteiger partial charge in [-0.2, -0.15) is 5.10 Å². The van der Waals surface area contributed by atoms with Gasteiger partial charge in [0.1, 0.15) is 17.7 Å². The molecule has 0 unspecified atom stereocenters. The molecular weight excluding hydrogens is 430 g/mol. The Kier molecular flexibility index (Phi) is 4.88. The van der Waals surface area contributed by atoms with Crippen molar-refractivity contribution in [1.82, 2.24) is 19.6 Å². The maximum atomic E-state index is 13.7. The molecule has 0 saturated heterocycles. The van der Waals surface area contributed by atoms with Gasteiger partial charge in [-0.3, -0.25) is 9.48 Å². The number of urea groups is 1. The summed E-state index contributed by atoms with van der Waals surface area (Å²) in [5.41, 5.74) is 1.83. The maximum absolute atomic E-state index is 13.7. The van der Waals surface area contributed by atoms with Crippen molar-refractivity contribution in [2.75, 3.05) is 18.9 Å². The van der Waals surface area contributed by atoms with Gasteiger partial charge in [0.15, 0.2) is 0 Å². The van der Waals surface area contributed by atoms with Crippen LogP contribution in [0.1, 0.15) is 41.5 Å². The number of aromatic nitrogens is 2. The van der Waals surface area contributed by atoms with Crippen molar-refractivity contribution in [2.45, 2.75) is 51.5 Å². The number of fused-ring (bicyclic) bond motifs is 3. The summed E-state index contributed by atoms with van der Waals surface area (Å²) in [5, 5.41) is 7.44. The van der Waals surface area contributed by atoms with Crippen LogP contribution in [0.3, 0.4) is 0 Å². The van der Waals surface area contributed by atoms with E-state index in [1.807, 2.05) is 6.92 Å². The minimum absolute atomic E-state index is 0.168. The van der Waals surface area contributed by atoms with Crippen LogP contribution in [0.5, 0.6) is 0 Å². The molecule has 2 aromatic rings. The number of alkyl halides is 1. The molecule has 1 atom stereocenters. The van der Waals surface area contributed by atoms with E-state index in [1.165, 1.54) is 12.1 Å². The van der Waals surface area contributed by atoms with Crippen LogP contribution in [0, 0.1) is 17.8 Å². The van der Waals surface area contributed by atoms with Gasteiger partial charge in [-0.1, -0.05) is 0 Å². The Balaban J connectivity index is 1.42. The lowest BCUT2D eigenvalue weighted by Crippen LogP contribution is -2.48. The standard InChI is InChI=1S/C23H24F2N6O2/c1-13-6-18-16(10-30(13)22(33)27-15-4-5-17(25)19(7-15)26-2)20-21(32)29(3)11-23(8-14(24)9-23)12-31(20)28-18/h4-5,7,13-14H,6,8-12H2,1,3H3,(H,27,33)/t13-,14?,23?/m1/s1. The van der Waals surface area contributed by atoms with Crippen LogP contribution < -0.4 is 5.32 Å². The van der Waals surface area contributed by atoms with Gasteiger partial charge in [-0.05, 0) is 38.0 Å². The normalized spacial score (nSPS) is 26.2. The number of rotatable bonds is 1. The first-order valence-corrected chi connectivity index (χ1v) is 10.9. The third-order valence-corrected chi connectivity index (χ3v) is 6.98. The highest BCUT2D eigenvalue weighted by molar-refractivity contribution is 5.95. The fourth-order valence-electron chi connectivity index (χ4n) is 5.35. The number of benzene rings is 1. The molecule has 3 aliphatic rings. The van der Waals surface area contributed by atoms with Gasteiger partial charge in [-0.25, -0.2) is 18.4 Å². The monoisotopic (exact) mass is 454 g/mol. The molecule has 1 fully saturated rings. The van der Waals surface area contributed by atoms with Gasteiger partial charge in [0.05, 0.1) is 18.8 Å². The Hall–Kier alpha value is -3.48. The van der Waals surface area contributed by atoms with Crippen LogP contribution in [0.15, 0.2) is 18.2 Å². The zero-order valence-corrected chi connectivity index (χ0v) is 18.4. The van der Waals surface area contributed by atoms with Gasteiger partial charge < -0.3 is 15.1 Å². The van der Waals surface area contributed by atoms with Crippen LogP contribution in [0.4, 0.5) is 25.0 Å². The predicted octanol–water partition coefficient (Wildman–Crippen LogP) is 3.76. The molecule has 1 saturated carbocycles. The number of hydrogen-bond donors (Lipinski definition) is 1. The van der Waals surface area contributed by atoms with Gasteiger partial charge >= 0.3 is 6.03 Å². The quantitative estimate of drug-likeness (QED) is 0.667. The lowest BCUT2D eigenvalue weighted by molar-refractivity contribution is -0.00791. The fourth-order valence-corrected chi connectivity index (χ4v) is 5.35. The Morgan fingerprint density at radius 3 is 2.79 bits per heavy atom. The molecular formula is C23H24F2N6O2. The summed E-state index contributed by atoms with van der Waals surface area (Å²) in [5.74, 6) is -0.814. The van der Waals surface area contributed by atoms with Crippen molar-refractivity contribution in [3.8, 4) is 0 Å². The number of anilines is 1. The lowest BCUT2D eigenvalue weighted by Gasteiger charge is -2.44. The lowest BCUT2D eigenvalue weighted by atomic mass is 9.67. The number of carbonyl (C=O) groups excluding carboxylic acids is 2.